The standard InChI is InChI=1S/C10H10ClNS/c1-7(2)13-10-4-8(6-12)3-9(11)5-10/h3-5,7H,1-2H3. The molecule has 0 aliphatic rings. The van der Waals surface area contributed by atoms with Crippen molar-refractivity contribution in [2.24, 2.45) is 0 Å². The van der Waals surface area contributed by atoms with Gasteiger partial charge in [0.25, 0.3) is 0 Å². The molecule has 3 heteroatoms. The van der Waals surface area contributed by atoms with Crippen molar-refractivity contribution < 1.29 is 0 Å². The molecular weight excluding hydrogens is 202 g/mol. The summed E-state index contributed by atoms with van der Waals surface area (Å²) in [6.45, 7) is 4.22. The Hall–Kier alpha value is -0.650. The maximum atomic E-state index is 8.70. The number of nitriles is 1. The predicted octanol–water partition coefficient (Wildman–Crippen LogP) is 3.71. The molecule has 0 amide bonds. The van der Waals surface area contributed by atoms with Crippen LogP contribution in [0.5, 0.6) is 0 Å². The number of hydrogen-bond donors (Lipinski definition) is 0. The van der Waals surface area contributed by atoms with Crippen LogP contribution in [-0.2, 0) is 0 Å². The molecular formula is C10H10ClNS. The van der Waals surface area contributed by atoms with Crippen LogP contribution in [-0.4, -0.2) is 5.25 Å². The first-order valence-corrected chi connectivity index (χ1v) is 5.25. The Kier molecular flexibility index (Phi) is 3.65. The monoisotopic (exact) mass is 211 g/mol. The van der Waals surface area contributed by atoms with Gasteiger partial charge in [-0.05, 0) is 18.2 Å². The molecule has 0 aliphatic carbocycles. The Morgan fingerprint density at radius 1 is 1.38 bits per heavy atom. The van der Waals surface area contributed by atoms with E-state index in [-0.39, 0.29) is 0 Å². The van der Waals surface area contributed by atoms with Crippen LogP contribution >= 0.6 is 23.4 Å². The summed E-state index contributed by atoms with van der Waals surface area (Å²) in [7, 11) is 0. The van der Waals surface area contributed by atoms with Gasteiger partial charge in [-0.1, -0.05) is 25.4 Å². The van der Waals surface area contributed by atoms with Crippen molar-refractivity contribution in [3.05, 3.63) is 28.8 Å². The molecule has 0 radical (unpaired) electrons. The second kappa shape index (κ2) is 4.55. The van der Waals surface area contributed by atoms with Crippen molar-refractivity contribution in [2.75, 3.05) is 0 Å². The third-order valence-electron chi connectivity index (χ3n) is 1.37. The van der Waals surface area contributed by atoms with Crippen molar-refractivity contribution in [3.8, 4) is 6.07 Å². The lowest BCUT2D eigenvalue weighted by Crippen LogP contribution is -1.86. The molecule has 0 atom stereocenters. The first kappa shape index (κ1) is 10.4. The number of nitrogens with zero attached hydrogens (tertiary/aromatic N) is 1. The summed E-state index contributed by atoms with van der Waals surface area (Å²) >= 11 is 7.55. The average Bonchev–Trinajstić information content (AvgIpc) is 2.01. The minimum Gasteiger partial charge on any atom is -0.192 e. The Balaban J connectivity index is 2.96. The highest BCUT2D eigenvalue weighted by atomic mass is 35.5. The molecule has 0 saturated heterocycles. The summed E-state index contributed by atoms with van der Waals surface area (Å²) < 4.78 is 0. The molecule has 1 rings (SSSR count). The van der Waals surface area contributed by atoms with E-state index in [0.29, 0.717) is 15.8 Å². The van der Waals surface area contributed by atoms with E-state index in [2.05, 4.69) is 19.9 Å². The fourth-order valence-corrected chi connectivity index (χ4v) is 2.20. The summed E-state index contributed by atoms with van der Waals surface area (Å²) in [5, 5.41) is 9.83. The minimum absolute atomic E-state index is 0.505. The topological polar surface area (TPSA) is 23.8 Å². The maximum Gasteiger partial charge on any atom is 0.0992 e. The molecule has 0 N–H and O–H groups in total. The Labute approximate surface area is 87.7 Å². The van der Waals surface area contributed by atoms with Gasteiger partial charge in [0.1, 0.15) is 0 Å². The van der Waals surface area contributed by atoms with E-state index < -0.39 is 0 Å². The smallest absolute Gasteiger partial charge is 0.0992 e. The third-order valence-corrected chi connectivity index (χ3v) is 2.57. The van der Waals surface area contributed by atoms with E-state index in [1.807, 2.05) is 12.1 Å². The molecule has 0 aliphatic heterocycles. The van der Waals surface area contributed by atoms with Crippen LogP contribution in [0.25, 0.3) is 0 Å². The van der Waals surface area contributed by atoms with Crippen molar-refractivity contribution in [1.82, 2.24) is 0 Å². The highest BCUT2D eigenvalue weighted by Crippen LogP contribution is 2.26. The third kappa shape index (κ3) is 3.30. The zero-order chi connectivity index (χ0) is 9.84. The van der Waals surface area contributed by atoms with Gasteiger partial charge >= 0.3 is 0 Å². The quantitative estimate of drug-likeness (QED) is 0.697. The van der Waals surface area contributed by atoms with Gasteiger partial charge in [-0.15, -0.1) is 11.8 Å². The Morgan fingerprint density at radius 3 is 2.62 bits per heavy atom. The van der Waals surface area contributed by atoms with E-state index >= 15 is 0 Å². The van der Waals surface area contributed by atoms with Crippen LogP contribution in [0.4, 0.5) is 0 Å². The summed E-state index contributed by atoms with van der Waals surface area (Å²) in [5.74, 6) is 0. The number of thioether (sulfide) groups is 1. The van der Waals surface area contributed by atoms with Crippen molar-refractivity contribution in [3.63, 3.8) is 0 Å². The first-order valence-electron chi connectivity index (χ1n) is 3.99. The second-order valence-electron chi connectivity index (χ2n) is 2.95. The van der Waals surface area contributed by atoms with Crippen LogP contribution in [0.2, 0.25) is 5.02 Å². The number of halogens is 1. The average molecular weight is 212 g/mol. The van der Waals surface area contributed by atoms with E-state index in [1.54, 1.807) is 17.8 Å². The fraction of sp³-hybridized carbons (Fsp3) is 0.300. The maximum absolute atomic E-state index is 8.70. The lowest BCUT2D eigenvalue weighted by molar-refractivity contribution is 1.11. The molecule has 68 valence electrons. The van der Waals surface area contributed by atoms with Gasteiger partial charge < -0.3 is 0 Å². The highest BCUT2D eigenvalue weighted by molar-refractivity contribution is 7.99. The molecule has 1 aromatic carbocycles. The molecule has 13 heavy (non-hydrogen) atoms. The molecule has 0 bridgehead atoms. The van der Waals surface area contributed by atoms with Crippen LogP contribution in [0.3, 0.4) is 0 Å². The van der Waals surface area contributed by atoms with Crippen LogP contribution in [0, 0.1) is 11.3 Å². The number of benzene rings is 1. The summed E-state index contributed by atoms with van der Waals surface area (Å²) in [4.78, 5) is 1.05. The Bertz CT molecular complexity index is 341. The van der Waals surface area contributed by atoms with Crippen LogP contribution in [0.1, 0.15) is 19.4 Å². The molecule has 0 fully saturated rings. The van der Waals surface area contributed by atoms with Crippen LogP contribution in [0.15, 0.2) is 23.1 Å². The van der Waals surface area contributed by atoms with Gasteiger partial charge in [-0.25, -0.2) is 0 Å². The number of rotatable bonds is 2. The zero-order valence-electron chi connectivity index (χ0n) is 7.54. The second-order valence-corrected chi connectivity index (χ2v) is 5.04. The SMILES string of the molecule is CC(C)Sc1cc(Cl)cc(C#N)c1. The van der Waals surface area contributed by atoms with Crippen molar-refractivity contribution >= 4 is 23.4 Å². The lowest BCUT2D eigenvalue weighted by Gasteiger charge is -2.05. The Morgan fingerprint density at radius 2 is 2.08 bits per heavy atom. The summed E-state index contributed by atoms with van der Waals surface area (Å²) in [5.41, 5.74) is 0.621. The lowest BCUT2D eigenvalue weighted by atomic mass is 10.2. The van der Waals surface area contributed by atoms with E-state index in [0.717, 1.165) is 4.90 Å². The largest absolute Gasteiger partial charge is 0.192 e. The molecule has 0 saturated carbocycles. The minimum atomic E-state index is 0.505. The first-order chi connectivity index (χ1) is 6.11. The highest BCUT2D eigenvalue weighted by Gasteiger charge is 2.01. The summed E-state index contributed by atoms with van der Waals surface area (Å²) in [6.07, 6.45) is 0. The molecule has 0 unspecified atom stereocenters. The van der Waals surface area contributed by atoms with Gasteiger partial charge in [0.05, 0.1) is 11.6 Å². The molecule has 1 nitrogen and oxygen atoms in total. The zero-order valence-corrected chi connectivity index (χ0v) is 9.12. The van der Waals surface area contributed by atoms with Gasteiger partial charge in [0.2, 0.25) is 0 Å². The summed E-state index contributed by atoms with van der Waals surface area (Å²) in [6, 6.07) is 7.50. The predicted molar refractivity (Wildman–Crippen MR) is 57.2 cm³/mol. The normalized spacial score (nSPS) is 10.1. The molecule has 0 aromatic heterocycles. The number of hydrogen-bond acceptors (Lipinski definition) is 2. The van der Waals surface area contributed by atoms with Crippen molar-refractivity contribution in [1.29, 1.82) is 5.26 Å². The van der Waals surface area contributed by atoms with Crippen molar-refractivity contribution in [2.45, 2.75) is 24.0 Å². The van der Waals surface area contributed by atoms with Crippen LogP contribution < -0.4 is 0 Å². The van der Waals surface area contributed by atoms with E-state index in [1.165, 1.54) is 0 Å². The fourth-order valence-electron chi connectivity index (χ4n) is 0.967. The van der Waals surface area contributed by atoms with Gasteiger partial charge in [-0.2, -0.15) is 5.26 Å². The molecule has 0 heterocycles. The van der Waals surface area contributed by atoms with Gasteiger partial charge in [0.15, 0.2) is 0 Å². The van der Waals surface area contributed by atoms with E-state index in [4.69, 9.17) is 16.9 Å². The van der Waals surface area contributed by atoms with Gasteiger partial charge in [0, 0.05) is 15.2 Å². The molecule has 1 aromatic rings. The molecule has 0 spiro atoms. The van der Waals surface area contributed by atoms with E-state index in [9.17, 15) is 0 Å². The van der Waals surface area contributed by atoms with Gasteiger partial charge in [-0.3, -0.25) is 0 Å².